The number of carbonyl (C=O) groups is 2. The van der Waals surface area contributed by atoms with Gasteiger partial charge in [-0.25, -0.2) is 4.39 Å². The second-order valence-corrected chi connectivity index (χ2v) is 8.40. The summed E-state index contributed by atoms with van der Waals surface area (Å²) in [4.78, 5) is 29.0. The topological polar surface area (TPSA) is 52.7 Å². The molecule has 6 heteroatoms. The highest BCUT2D eigenvalue weighted by Gasteiger charge is 2.25. The lowest BCUT2D eigenvalue weighted by Gasteiger charge is -2.32. The normalized spacial score (nSPS) is 20.8. The number of halogens is 1. The van der Waals surface area contributed by atoms with Crippen LogP contribution in [0.3, 0.4) is 0 Å². The van der Waals surface area contributed by atoms with E-state index in [2.05, 4.69) is 17.1 Å². The van der Waals surface area contributed by atoms with Crippen molar-refractivity contribution in [1.82, 2.24) is 15.1 Å². The van der Waals surface area contributed by atoms with Gasteiger partial charge >= 0.3 is 0 Å². The Morgan fingerprint density at radius 3 is 2.69 bits per heavy atom. The number of piperidine rings is 1. The largest absolute Gasteiger partial charge is 0.355 e. The molecule has 0 radical (unpaired) electrons. The Balaban J connectivity index is 1.32. The van der Waals surface area contributed by atoms with E-state index in [1.165, 1.54) is 25.0 Å². The monoisotopic (exact) mass is 403 g/mol. The maximum Gasteiger partial charge on any atom is 0.226 e. The molecule has 2 amide bonds. The molecule has 0 saturated carbocycles. The van der Waals surface area contributed by atoms with E-state index in [0.717, 1.165) is 57.5 Å². The average molecular weight is 404 g/mol. The molecule has 3 rings (SSSR count). The van der Waals surface area contributed by atoms with Crippen LogP contribution in [-0.2, 0) is 16.0 Å². The molecular formula is C23H34FN3O2. The average Bonchev–Trinajstić information content (AvgIpc) is 3.18. The maximum absolute atomic E-state index is 13.3. The lowest BCUT2D eigenvalue weighted by Crippen LogP contribution is -2.41. The third-order valence-electron chi connectivity index (χ3n) is 6.43. The van der Waals surface area contributed by atoms with Crippen LogP contribution >= 0.6 is 0 Å². The van der Waals surface area contributed by atoms with Crippen LogP contribution in [0.5, 0.6) is 0 Å². The zero-order valence-corrected chi connectivity index (χ0v) is 17.5. The van der Waals surface area contributed by atoms with Crippen LogP contribution in [-0.4, -0.2) is 60.4 Å². The van der Waals surface area contributed by atoms with Gasteiger partial charge in [-0.15, -0.1) is 0 Å². The second kappa shape index (κ2) is 10.7. The predicted octanol–water partition coefficient (Wildman–Crippen LogP) is 2.99. The van der Waals surface area contributed by atoms with Crippen LogP contribution in [0.1, 0.15) is 51.0 Å². The fourth-order valence-corrected chi connectivity index (χ4v) is 4.60. The van der Waals surface area contributed by atoms with Gasteiger partial charge in [0.15, 0.2) is 0 Å². The summed E-state index contributed by atoms with van der Waals surface area (Å²) in [5.41, 5.74) is 0.720. The van der Waals surface area contributed by atoms with E-state index < -0.39 is 0 Å². The Hall–Kier alpha value is -1.95. The van der Waals surface area contributed by atoms with Crippen molar-refractivity contribution in [2.45, 2.75) is 57.9 Å². The van der Waals surface area contributed by atoms with Crippen molar-refractivity contribution in [3.63, 3.8) is 0 Å². The molecule has 2 heterocycles. The molecule has 0 bridgehead atoms. The van der Waals surface area contributed by atoms with Crippen LogP contribution in [0.15, 0.2) is 24.3 Å². The van der Waals surface area contributed by atoms with Crippen molar-refractivity contribution in [3.8, 4) is 0 Å². The van der Waals surface area contributed by atoms with Gasteiger partial charge in [0.05, 0.1) is 6.42 Å². The van der Waals surface area contributed by atoms with Crippen LogP contribution in [0.4, 0.5) is 4.39 Å². The lowest BCUT2D eigenvalue weighted by atomic mass is 9.91. The summed E-state index contributed by atoms with van der Waals surface area (Å²) in [6, 6.07) is 6.74. The number of nitrogens with zero attached hydrogens (tertiary/aromatic N) is 2. The first-order chi connectivity index (χ1) is 14.0. The van der Waals surface area contributed by atoms with Gasteiger partial charge in [-0.1, -0.05) is 19.1 Å². The first kappa shape index (κ1) is 21.8. The molecule has 2 saturated heterocycles. The minimum absolute atomic E-state index is 0.0591. The van der Waals surface area contributed by atoms with E-state index >= 15 is 0 Å². The smallest absolute Gasteiger partial charge is 0.226 e. The second-order valence-electron chi connectivity index (χ2n) is 8.40. The van der Waals surface area contributed by atoms with Gasteiger partial charge in [0, 0.05) is 32.1 Å². The molecule has 160 valence electrons. The minimum atomic E-state index is -0.303. The summed E-state index contributed by atoms with van der Waals surface area (Å²) in [5.74, 6) is 0.404. The molecule has 0 aliphatic carbocycles. The Bertz CT molecular complexity index is 688. The number of amides is 2. The number of carbonyl (C=O) groups excluding carboxylic acids is 2. The lowest BCUT2D eigenvalue weighted by molar-refractivity contribution is -0.132. The fraction of sp³-hybridized carbons (Fsp3) is 0.652. The van der Waals surface area contributed by atoms with E-state index in [0.29, 0.717) is 18.4 Å². The van der Waals surface area contributed by atoms with Gasteiger partial charge < -0.3 is 10.2 Å². The number of benzene rings is 1. The summed E-state index contributed by atoms with van der Waals surface area (Å²) < 4.78 is 13.3. The first-order valence-corrected chi connectivity index (χ1v) is 11.1. The molecule has 1 unspecified atom stereocenters. The molecule has 1 aromatic rings. The molecular weight excluding hydrogens is 369 g/mol. The molecule has 2 fully saturated rings. The van der Waals surface area contributed by atoms with E-state index in [1.54, 1.807) is 12.1 Å². The quantitative estimate of drug-likeness (QED) is 0.726. The van der Waals surface area contributed by atoms with Gasteiger partial charge in [0.25, 0.3) is 0 Å². The van der Waals surface area contributed by atoms with E-state index in [9.17, 15) is 14.0 Å². The van der Waals surface area contributed by atoms with Crippen molar-refractivity contribution in [1.29, 1.82) is 0 Å². The van der Waals surface area contributed by atoms with Gasteiger partial charge in [-0.2, -0.15) is 0 Å². The van der Waals surface area contributed by atoms with Crippen molar-refractivity contribution >= 4 is 11.8 Å². The molecule has 2 aliphatic rings. The van der Waals surface area contributed by atoms with E-state index in [1.807, 2.05) is 4.90 Å². The maximum atomic E-state index is 13.3. The SMILES string of the molecule is CCN1CCCC1CNC(=O)CCC1CCN(C(=O)Cc2cccc(F)c2)CC1. The van der Waals surface area contributed by atoms with Crippen LogP contribution in [0.25, 0.3) is 0 Å². The van der Waals surface area contributed by atoms with Crippen LogP contribution in [0, 0.1) is 11.7 Å². The van der Waals surface area contributed by atoms with Crippen molar-refractivity contribution in [2.24, 2.45) is 5.92 Å². The molecule has 5 nitrogen and oxygen atoms in total. The van der Waals surface area contributed by atoms with Crippen molar-refractivity contribution < 1.29 is 14.0 Å². The third kappa shape index (κ3) is 6.53. The number of hydrogen-bond acceptors (Lipinski definition) is 3. The molecule has 0 spiro atoms. The predicted molar refractivity (Wildman–Crippen MR) is 112 cm³/mol. The van der Waals surface area contributed by atoms with E-state index in [4.69, 9.17) is 0 Å². The van der Waals surface area contributed by atoms with E-state index in [-0.39, 0.29) is 24.1 Å². The van der Waals surface area contributed by atoms with Gasteiger partial charge in [0.2, 0.25) is 11.8 Å². The van der Waals surface area contributed by atoms with Crippen LogP contribution in [0.2, 0.25) is 0 Å². The summed E-state index contributed by atoms with van der Waals surface area (Å²) in [6.45, 7) is 6.60. The molecule has 0 aromatic heterocycles. The zero-order chi connectivity index (χ0) is 20.6. The highest BCUT2D eigenvalue weighted by Crippen LogP contribution is 2.23. The fourth-order valence-electron chi connectivity index (χ4n) is 4.60. The molecule has 1 N–H and O–H groups in total. The van der Waals surface area contributed by atoms with Gasteiger partial charge in [-0.3, -0.25) is 14.5 Å². The van der Waals surface area contributed by atoms with Gasteiger partial charge in [-0.05, 0) is 68.8 Å². The highest BCUT2D eigenvalue weighted by molar-refractivity contribution is 5.79. The summed E-state index contributed by atoms with van der Waals surface area (Å²) in [6.07, 6.45) is 5.99. The Labute approximate surface area is 173 Å². The summed E-state index contributed by atoms with van der Waals surface area (Å²) in [7, 11) is 0. The van der Waals surface area contributed by atoms with Crippen molar-refractivity contribution in [3.05, 3.63) is 35.6 Å². The van der Waals surface area contributed by atoms with Crippen LogP contribution < -0.4 is 5.32 Å². The third-order valence-corrected chi connectivity index (χ3v) is 6.43. The number of likely N-dealkylation sites (N-methyl/N-ethyl adjacent to an activating group) is 1. The van der Waals surface area contributed by atoms with Gasteiger partial charge in [0.1, 0.15) is 5.82 Å². The molecule has 29 heavy (non-hydrogen) atoms. The minimum Gasteiger partial charge on any atom is -0.355 e. The summed E-state index contributed by atoms with van der Waals surface area (Å²) in [5, 5.41) is 3.11. The number of hydrogen-bond donors (Lipinski definition) is 1. The Kier molecular flexibility index (Phi) is 8.04. The number of nitrogens with one attached hydrogen (secondary N) is 1. The Morgan fingerprint density at radius 1 is 1.17 bits per heavy atom. The molecule has 1 aromatic carbocycles. The molecule has 2 aliphatic heterocycles. The standard InChI is InChI=1S/C23H34FN3O2/c1-2-26-12-4-7-21(26)17-25-22(28)9-8-18-10-13-27(14-11-18)23(29)16-19-5-3-6-20(24)15-19/h3,5-6,15,18,21H,2,4,7-14,16-17H2,1H3,(H,25,28). The first-order valence-electron chi connectivity index (χ1n) is 11.1. The number of likely N-dealkylation sites (tertiary alicyclic amines) is 2. The number of rotatable bonds is 8. The Morgan fingerprint density at radius 2 is 1.97 bits per heavy atom. The molecule has 1 atom stereocenters. The zero-order valence-electron chi connectivity index (χ0n) is 17.5. The highest BCUT2D eigenvalue weighted by atomic mass is 19.1. The summed E-state index contributed by atoms with van der Waals surface area (Å²) >= 11 is 0. The van der Waals surface area contributed by atoms with Crippen molar-refractivity contribution in [2.75, 3.05) is 32.7 Å².